The molecule has 84 valence electrons. The first kappa shape index (κ1) is 12.3. The van der Waals surface area contributed by atoms with Crippen molar-refractivity contribution in [3.05, 3.63) is 36.5 Å². The zero-order valence-corrected chi connectivity index (χ0v) is 10.6. The van der Waals surface area contributed by atoms with Crippen LogP contribution in [0.15, 0.2) is 36.5 Å². The number of hydrogen-bond donors (Lipinski definition) is 0. The third-order valence-corrected chi connectivity index (χ3v) is 3.75. The van der Waals surface area contributed by atoms with Crippen LogP contribution in [0.1, 0.15) is 40.5 Å². The molecule has 0 fully saturated rings. The van der Waals surface area contributed by atoms with Gasteiger partial charge in [-0.05, 0) is 41.2 Å². The monoisotopic (exact) mass is 204 g/mol. The molecule has 0 N–H and O–H groups in total. The highest BCUT2D eigenvalue weighted by molar-refractivity contribution is 5.39. The lowest BCUT2D eigenvalue weighted by atomic mass is 9.66. The number of allylic oxidation sites excluding steroid dienone is 4. The fourth-order valence-electron chi connectivity index (χ4n) is 2.74. The predicted molar refractivity (Wildman–Crippen MR) is 68.8 cm³/mol. The SMILES string of the molecule is C=CC1=C(C=C)C(C)(C)CCC1C(C)C. The Kier molecular flexibility index (Phi) is 3.59. The van der Waals surface area contributed by atoms with Gasteiger partial charge in [0.05, 0.1) is 0 Å². The minimum Gasteiger partial charge on any atom is -0.0988 e. The molecule has 0 aromatic carbocycles. The molecule has 1 atom stereocenters. The Morgan fingerprint density at radius 3 is 2.27 bits per heavy atom. The Labute approximate surface area is 94.8 Å². The zero-order chi connectivity index (χ0) is 11.6. The number of hydrogen-bond acceptors (Lipinski definition) is 0. The summed E-state index contributed by atoms with van der Waals surface area (Å²) in [5.74, 6) is 1.37. The molecule has 1 aliphatic carbocycles. The van der Waals surface area contributed by atoms with Crippen molar-refractivity contribution in [1.29, 1.82) is 0 Å². The van der Waals surface area contributed by atoms with E-state index in [2.05, 4.69) is 40.9 Å². The molecule has 0 spiro atoms. The summed E-state index contributed by atoms with van der Waals surface area (Å²) in [6.45, 7) is 17.2. The van der Waals surface area contributed by atoms with Crippen molar-refractivity contribution < 1.29 is 0 Å². The fraction of sp³-hybridized carbons (Fsp3) is 0.600. The van der Waals surface area contributed by atoms with Gasteiger partial charge in [0, 0.05) is 0 Å². The summed E-state index contributed by atoms with van der Waals surface area (Å²) < 4.78 is 0. The van der Waals surface area contributed by atoms with Gasteiger partial charge < -0.3 is 0 Å². The molecule has 0 heterocycles. The quantitative estimate of drug-likeness (QED) is 0.622. The van der Waals surface area contributed by atoms with E-state index in [0.29, 0.717) is 11.8 Å². The van der Waals surface area contributed by atoms with Gasteiger partial charge in [0.1, 0.15) is 0 Å². The standard InChI is InChI=1S/C15H24/c1-7-12-13(11(3)4)9-10-15(5,6)14(12)8-2/h7-8,11,13H,1-2,9-10H2,3-6H3. The normalized spacial score (nSPS) is 25.5. The van der Waals surface area contributed by atoms with Crippen LogP contribution < -0.4 is 0 Å². The Morgan fingerprint density at radius 2 is 1.87 bits per heavy atom. The van der Waals surface area contributed by atoms with Crippen LogP contribution in [0.5, 0.6) is 0 Å². The number of rotatable bonds is 3. The second-order valence-corrected chi connectivity index (χ2v) is 5.55. The molecule has 0 radical (unpaired) electrons. The minimum atomic E-state index is 0.274. The summed E-state index contributed by atoms with van der Waals surface area (Å²) in [6.07, 6.45) is 6.62. The molecule has 0 aromatic rings. The lowest BCUT2D eigenvalue weighted by Gasteiger charge is -2.39. The van der Waals surface area contributed by atoms with Gasteiger partial charge in [-0.3, -0.25) is 0 Å². The van der Waals surface area contributed by atoms with E-state index in [0.717, 1.165) is 0 Å². The van der Waals surface area contributed by atoms with E-state index in [9.17, 15) is 0 Å². The molecule has 0 bridgehead atoms. The molecule has 0 saturated heterocycles. The zero-order valence-electron chi connectivity index (χ0n) is 10.6. The van der Waals surface area contributed by atoms with E-state index in [1.54, 1.807) is 0 Å². The Hall–Kier alpha value is -0.780. The maximum atomic E-state index is 3.98. The van der Waals surface area contributed by atoms with Crippen LogP contribution >= 0.6 is 0 Å². The average Bonchev–Trinajstić information content (AvgIpc) is 2.15. The summed E-state index contributed by atoms with van der Waals surface area (Å²) in [4.78, 5) is 0. The summed E-state index contributed by atoms with van der Waals surface area (Å²) in [7, 11) is 0. The van der Waals surface area contributed by atoms with Crippen molar-refractivity contribution in [2.24, 2.45) is 17.3 Å². The van der Waals surface area contributed by atoms with Gasteiger partial charge in [0.15, 0.2) is 0 Å². The largest absolute Gasteiger partial charge is 0.0988 e. The van der Waals surface area contributed by atoms with Crippen LogP contribution in [-0.2, 0) is 0 Å². The lowest BCUT2D eigenvalue weighted by Crippen LogP contribution is -2.27. The maximum Gasteiger partial charge on any atom is -0.0101 e. The first-order chi connectivity index (χ1) is 6.94. The minimum absolute atomic E-state index is 0.274. The predicted octanol–water partition coefficient (Wildman–Crippen LogP) is 4.75. The second-order valence-electron chi connectivity index (χ2n) is 5.55. The second kappa shape index (κ2) is 4.38. The van der Waals surface area contributed by atoms with Gasteiger partial charge in [0.25, 0.3) is 0 Å². The van der Waals surface area contributed by atoms with Crippen LogP contribution in [0.3, 0.4) is 0 Å². The highest BCUT2D eigenvalue weighted by Crippen LogP contribution is 2.45. The van der Waals surface area contributed by atoms with Crippen LogP contribution in [0.2, 0.25) is 0 Å². The molecule has 1 unspecified atom stereocenters. The van der Waals surface area contributed by atoms with E-state index >= 15 is 0 Å². The molecule has 1 rings (SSSR count). The van der Waals surface area contributed by atoms with Crippen molar-refractivity contribution in [3.63, 3.8) is 0 Å². The maximum absolute atomic E-state index is 3.98. The van der Waals surface area contributed by atoms with E-state index < -0.39 is 0 Å². The molecule has 1 aliphatic rings. The molecule has 0 aliphatic heterocycles. The van der Waals surface area contributed by atoms with Crippen LogP contribution in [0, 0.1) is 17.3 Å². The van der Waals surface area contributed by atoms with E-state index in [1.165, 1.54) is 24.0 Å². The van der Waals surface area contributed by atoms with Gasteiger partial charge in [0.2, 0.25) is 0 Å². The molecule has 0 saturated carbocycles. The third-order valence-electron chi connectivity index (χ3n) is 3.75. The molecular formula is C15H24. The summed E-state index contributed by atoms with van der Waals surface area (Å²) in [5.41, 5.74) is 3.11. The molecule has 15 heavy (non-hydrogen) atoms. The van der Waals surface area contributed by atoms with E-state index in [4.69, 9.17) is 0 Å². The Morgan fingerprint density at radius 1 is 1.27 bits per heavy atom. The van der Waals surface area contributed by atoms with Crippen LogP contribution in [0.4, 0.5) is 0 Å². The lowest BCUT2D eigenvalue weighted by molar-refractivity contribution is 0.293. The van der Waals surface area contributed by atoms with Crippen LogP contribution in [0.25, 0.3) is 0 Å². The fourth-order valence-corrected chi connectivity index (χ4v) is 2.74. The molecular weight excluding hydrogens is 180 g/mol. The molecule has 0 amide bonds. The summed E-state index contributed by atoms with van der Waals surface area (Å²) >= 11 is 0. The molecule has 0 nitrogen and oxygen atoms in total. The smallest absolute Gasteiger partial charge is 0.0101 e. The first-order valence-electron chi connectivity index (χ1n) is 5.93. The Balaban J connectivity index is 3.23. The topological polar surface area (TPSA) is 0 Å². The van der Waals surface area contributed by atoms with Crippen molar-refractivity contribution in [2.75, 3.05) is 0 Å². The van der Waals surface area contributed by atoms with E-state index in [1.807, 2.05) is 12.2 Å². The first-order valence-corrected chi connectivity index (χ1v) is 5.93. The van der Waals surface area contributed by atoms with Crippen molar-refractivity contribution in [2.45, 2.75) is 40.5 Å². The highest BCUT2D eigenvalue weighted by Gasteiger charge is 2.33. The van der Waals surface area contributed by atoms with Gasteiger partial charge >= 0.3 is 0 Å². The van der Waals surface area contributed by atoms with Gasteiger partial charge in [-0.2, -0.15) is 0 Å². The third kappa shape index (κ3) is 2.25. The average molecular weight is 204 g/mol. The Bertz CT molecular complexity index is 289. The highest BCUT2D eigenvalue weighted by atomic mass is 14.4. The summed E-state index contributed by atoms with van der Waals surface area (Å²) in [6, 6.07) is 0. The van der Waals surface area contributed by atoms with Crippen LogP contribution in [-0.4, -0.2) is 0 Å². The van der Waals surface area contributed by atoms with Crippen molar-refractivity contribution in [1.82, 2.24) is 0 Å². The van der Waals surface area contributed by atoms with Gasteiger partial charge in [-0.25, -0.2) is 0 Å². The molecule has 0 heteroatoms. The van der Waals surface area contributed by atoms with Crippen molar-refractivity contribution in [3.8, 4) is 0 Å². The summed E-state index contributed by atoms with van der Waals surface area (Å²) in [5, 5.41) is 0. The van der Waals surface area contributed by atoms with Crippen molar-refractivity contribution >= 4 is 0 Å². The van der Waals surface area contributed by atoms with Gasteiger partial charge in [-0.1, -0.05) is 53.0 Å². The van der Waals surface area contributed by atoms with E-state index in [-0.39, 0.29) is 5.41 Å². The molecule has 0 aromatic heterocycles. The van der Waals surface area contributed by atoms with Gasteiger partial charge in [-0.15, -0.1) is 0 Å².